The Labute approximate surface area is 258 Å². The van der Waals surface area contributed by atoms with E-state index in [4.69, 9.17) is 16.3 Å². The number of nitrogens with zero attached hydrogens (tertiary/aromatic N) is 5. The number of morpholine rings is 1. The van der Waals surface area contributed by atoms with E-state index in [9.17, 15) is 14.0 Å². The largest absolute Gasteiger partial charge is 0.379 e. The summed E-state index contributed by atoms with van der Waals surface area (Å²) in [5.41, 5.74) is 1.83. The minimum absolute atomic E-state index is 0.0261. The zero-order valence-corrected chi connectivity index (χ0v) is 26.0. The van der Waals surface area contributed by atoms with Gasteiger partial charge in [0.25, 0.3) is 0 Å². The number of hydrogen-bond acceptors (Lipinski definition) is 7. The van der Waals surface area contributed by atoms with Crippen LogP contribution in [-0.4, -0.2) is 88.5 Å². The van der Waals surface area contributed by atoms with E-state index in [1.807, 2.05) is 26.8 Å². The van der Waals surface area contributed by atoms with Gasteiger partial charge < -0.3 is 14.5 Å². The SMILES string of the molecule is C=CC(=O)N1[C@H](C)CN(c2nc(=O)n3c4c(c(-c5cc(Cl)c(F)cc5F)c(C)cc24)SC[C@H](N2CCOCC2)C3)C[C@@H]1C. The van der Waals surface area contributed by atoms with Gasteiger partial charge in [-0.05, 0) is 44.5 Å². The van der Waals surface area contributed by atoms with Gasteiger partial charge in [-0.3, -0.25) is 14.3 Å². The van der Waals surface area contributed by atoms with Gasteiger partial charge in [-0.25, -0.2) is 13.6 Å². The first-order valence-electron chi connectivity index (χ1n) is 14.5. The molecule has 2 aromatic carbocycles. The number of carbonyl (C=O) groups is 1. The standard InChI is InChI=1S/C31H34ClF2N5O3S/c1-5-26(40)39-18(3)13-37(14-19(39)4)30-22-10-17(2)27(21-11-23(32)25(34)12-24(21)33)29-28(22)38(31(41)35-30)15-20(16-43-29)36-6-8-42-9-7-36/h5,10-12,18-20H,1,6-9,13-16H2,2-4H3/t18-,19+,20-/m1/s1. The maximum atomic E-state index is 15.4. The van der Waals surface area contributed by atoms with Gasteiger partial charge in [0, 0.05) is 84.1 Å². The normalized spacial score (nSPS) is 23.0. The molecule has 0 saturated carbocycles. The van der Waals surface area contributed by atoms with Gasteiger partial charge in [0.05, 0.1) is 23.8 Å². The first kappa shape index (κ1) is 30.1. The third-order valence-corrected chi connectivity index (χ3v) is 10.2. The summed E-state index contributed by atoms with van der Waals surface area (Å²) < 4.78 is 36.9. The van der Waals surface area contributed by atoms with Crippen molar-refractivity contribution in [3.63, 3.8) is 0 Å². The molecule has 0 bridgehead atoms. The van der Waals surface area contributed by atoms with Crippen LogP contribution < -0.4 is 10.6 Å². The molecule has 8 nitrogen and oxygen atoms in total. The second-order valence-corrected chi connectivity index (χ2v) is 13.0. The molecule has 4 heterocycles. The number of ether oxygens (including phenoxy) is 1. The molecule has 228 valence electrons. The van der Waals surface area contributed by atoms with Crippen LogP contribution in [-0.2, 0) is 16.1 Å². The maximum absolute atomic E-state index is 15.4. The number of benzene rings is 2. The molecular weight excluding hydrogens is 596 g/mol. The number of carbonyl (C=O) groups excluding carboxylic acids is 1. The summed E-state index contributed by atoms with van der Waals surface area (Å²) in [6.07, 6.45) is 1.33. The van der Waals surface area contributed by atoms with Gasteiger partial charge in [-0.15, -0.1) is 11.8 Å². The smallest absolute Gasteiger partial charge is 0.350 e. The summed E-state index contributed by atoms with van der Waals surface area (Å²) in [6.45, 7) is 13.6. The topological polar surface area (TPSA) is 70.9 Å². The van der Waals surface area contributed by atoms with Gasteiger partial charge in [-0.1, -0.05) is 18.2 Å². The molecule has 3 aliphatic heterocycles. The van der Waals surface area contributed by atoms with Gasteiger partial charge in [0.15, 0.2) is 0 Å². The van der Waals surface area contributed by atoms with E-state index in [1.54, 1.807) is 21.2 Å². The molecule has 43 heavy (non-hydrogen) atoms. The van der Waals surface area contributed by atoms with Crippen molar-refractivity contribution in [3.8, 4) is 11.1 Å². The van der Waals surface area contributed by atoms with Gasteiger partial charge in [0.1, 0.15) is 17.5 Å². The fraction of sp³-hybridized carbons (Fsp3) is 0.452. The van der Waals surface area contributed by atoms with Crippen molar-refractivity contribution < 1.29 is 18.3 Å². The number of amides is 1. The summed E-state index contributed by atoms with van der Waals surface area (Å²) in [7, 11) is 0. The van der Waals surface area contributed by atoms with E-state index in [0.29, 0.717) is 55.5 Å². The van der Waals surface area contributed by atoms with Crippen LogP contribution in [0.5, 0.6) is 0 Å². The average Bonchev–Trinajstić information content (AvgIpc) is 3.18. The summed E-state index contributed by atoms with van der Waals surface area (Å²) in [6, 6.07) is 3.82. The number of piperazine rings is 1. The van der Waals surface area contributed by atoms with E-state index in [2.05, 4.69) is 21.4 Å². The Hall–Kier alpha value is -2.99. The number of anilines is 1. The average molecular weight is 630 g/mol. The lowest BCUT2D eigenvalue weighted by Gasteiger charge is -2.44. The third-order valence-electron chi connectivity index (χ3n) is 8.70. The van der Waals surface area contributed by atoms with Crippen LogP contribution >= 0.6 is 23.4 Å². The zero-order chi connectivity index (χ0) is 30.6. The fourth-order valence-corrected chi connectivity index (χ4v) is 8.38. The number of aromatic nitrogens is 2. The maximum Gasteiger partial charge on any atom is 0.350 e. The summed E-state index contributed by atoms with van der Waals surface area (Å²) in [5.74, 6) is -0.474. The van der Waals surface area contributed by atoms with Crippen molar-refractivity contribution in [2.24, 2.45) is 0 Å². The molecular formula is C31H34ClF2N5O3S. The van der Waals surface area contributed by atoms with E-state index in [-0.39, 0.29) is 40.3 Å². The lowest BCUT2D eigenvalue weighted by molar-refractivity contribution is -0.130. The Morgan fingerprint density at radius 1 is 1.12 bits per heavy atom. The molecule has 0 radical (unpaired) electrons. The molecule has 0 aliphatic carbocycles. The van der Waals surface area contributed by atoms with Crippen molar-refractivity contribution in [2.75, 3.05) is 50.0 Å². The van der Waals surface area contributed by atoms with Gasteiger partial charge in [-0.2, -0.15) is 4.98 Å². The van der Waals surface area contributed by atoms with E-state index in [1.165, 1.54) is 12.1 Å². The minimum Gasteiger partial charge on any atom is -0.379 e. The Bertz CT molecular complexity index is 1670. The molecule has 3 aromatic rings. The molecule has 3 atom stereocenters. The van der Waals surface area contributed by atoms with Gasteiger partial charge >= 0.3 is 5.69 Å². The van der Waals surface area contributed by atoms with Crippen molar-refractivity contribution in [1.29, 1.82) is 0 Å². The van der Waals surface area contributed by atoms with Gasteiger partial charge in [0.2, 0.25) is 5.91 Å². The minimum atomic E-state index is -0.826. The van der Waals surface area contributed by atoms with Crippen LogP contribution in [0.1, 0.15) is 19.4 Å². The first-order valence-corrected chi connectivity index (χ1v) is 15.8. The number of aryl methyl sites for hydroxylation is 1. The fourth-order valence-electron chi connectivity index (χ4n) is 6.76. The van der Waals surface area contributed by atoms with Crippen molar-refractivity contribution >= 4 is 46.0 Å². The molecule has 6 rings (SSSR count). The predicted octanol–water partition coefficient (Wildman–Crippen LogP) is 4.72. The highest BCUT2D eigenvalue weighted by Crippen LogP contribution is 2.45. The summed E-state index contributed by atoms with van der Waals surface area (Å²) >= 11 is 7.73. The van der Waals surface area contributed by atoms with Crippen LogP contribution in [0.15, 0.2) is 40.5 Å². The molecule has 0 unspecified atom stereocenters. The van der Waals surface area contributed by atoms with Crippen molar-refractivity contribution in [1.82, 2.24) is 19.4 Å². The Morgan fingerprint density at radius 3 is 2.49 bits per heavy atom. The van der Waals surface area contributed by atoms with Crippen LogP contribution in [0.4, 0.5) is 14.6 Å². The summed E-state index contributed by atoms with van der Waals surface area (Å²) in [5, 5.41) is 0.609. The highest BCUT2D eigenvalue weighted by Gasteiger charge is 2.35. The Morgan fingerprint density at radius 2 is 1.81 bits per heavy atom. The lowest BCUT2D eigenvalue weighted by atomic mass is 9.97. The highest BCUT2D eigenvalue weighted by atomic mass is 35.5. The number of rotatable bonds is 4. The number of hydrogen-bond donors (Lipinski definition) is 0. The number of halogens is 3. The van der Waals surface area contributed by atoms with Crippen molar-refractivity contribution in [3.05, 3.63) is 63.6 Å². The van der Waals surface area contributed by atoms with Crippen LogP contribution in [0.2, 0.25) is 5.02 Å². The summed E-state index contributed by atoms with van der Waals surface area (Å²) in [4.78, 5) is 38.1. The highest BCUT2D eigenvalue weighted by molar-refractivity contribution is 7.99. The van der Waals surface area contributed by atoms with E-state index in [0.717, 1.165) is 35.0 Å². The third kappa shape index (κ3) is 5.34. The monoisotopic (exact) mass is 629 g/mol. The van der Waals surface area contributed by atoms with Crippen molar-refractivity contribution in [2.45, 2.75) is 50.3 Å². The first-order chi connectivity index (χ1) is 20.6. The predicted molar refractivity (Wildman–Crippen MR) is 166 cm³/mol. The van der Waals surface area contributed by atoms with Crippen LogP contribution in [0.3, 0.4) is 0 Å². The van der Waals surface area contributed by atoms with E-state index < -0.39 is 11.6 Å². The molecule has 2 saturated heterocycles. The molecule has 0 spiro atoms. The lowest BCUT2D eigenvalue weighted by Crippen LogP contribution is -2.58. The van der Waals surface area contributed by atoms with E-state index >= 15 is 4.39 Å². The molecule has 2 fully saturated rings. The quantitative estimate of drug-likeness (QED) is 0.306. The molecule has 1 aromatic heterocycles. The van der Waals surface area contributed by atoms with Crippen LogP contribution in [0.25, 0.3) is 22.0 Å². The molecule has 1 amide bonds. The second-order valence-electron chi connectivity index (χ2n) is 11.5. The Kier molecular flexibility index (Phi) is 8.27. The Balaban J connectivity index is 1.56. The molecule has 3 aliphatic rings. The molecule has 0 N–H and O–H groups in total. The number of thioether (sulfide) groups is 1. The second kappa shape index (κ2) is 11.8. The van der Waals surface area contributed by atoms with Crippen LogP contribution in [0, 0.1) is 18.6 Å². The molecule has 12 heteroatoms. The zero-order valence-electron chi connectivity index (χ0n) is 24.4.